The van der Waals surface area contributed by atoms with E-state index < -0.39 is 17.1 Å². The molecule has 0 bridgehead atoms. The Labute approximate surface area is 171 Å². The van der Waals surface area contributed by atoms with E-state index in [4.69, 9.17) is 15.9 Å². The van der Waals surface area contributed by atoms with Crippen LogP contribution in [-0.2, 0) is 20.7 Å². The van der Waals surface area contributed by atoms with Gasteiger partial charge in [0.2, 0.25) is 0 Å². The van der Waals surface area contributed by atoms with Gasteiger partial charge in [-0.1, -0.05) is 18.9 Å². The summed E-state index contributed by atoms with van der Waals surface area (Å²) in [5, 5.41) is 11.2. The van der Waals surface area contributed by atoms with Crippen LogP contribution in [0.25, 0.3) is 0 Å². The molecule has 4 rings (SSSR count). The van der Waals surface area contributed by atoms with E-state index in [1.807, 2.05) is 18.2 Å². The van der Waals surface area contributed by atoms with E-state index in [1.54, 1.807) is 0 Å². The summed E-state index contributed by atoms with van der Waals surface area (Å²) in [4.78, 5) is 23.1. The van der Waals surface area contributed by atoms with Crippen LogP contribution in [0, 0.1) is 29.6 Å². The van der Waals surface area contributed by atoms with Crippen molar-refractivity contribution in [1.82, 2.24) is 0 Å². The van der Waals surface area contributed by atoms with Gasteiger partial charge >= 0.3 is 11.9 Å². The van der Waals surface area contributed by atoms with Crippen molar-refractivity contribution in [3.63, 3.8) is 0 Å². The highest BCUT2D eigenvalue weighted by Gasteiger charge is 2.65. The van der Waals surface area contributed by atoms with E-state index in [2.05, 4.69) is 12.8 Å². The van der Waals surface area contributed by atoms with Gasteiger partial charge in [-0.15, -0.1) is 6.42 Å². The van der Waals surface area contributed by atoms with Crippen LogP contribution in [0.2, 0.25) is 0 Å². The molecule has 3 aliphatic rings. The lowest BCUT2D eigenvalue weighted by molar-refractivity contribution is -0.171. The van der Waals surface area contributed by atoms with E-state index in [0.29, 0.717) is 18.6 Å². The third kappa shape index (κ3) is 2.97. The Morgan fingerprint density at radius 1 is 1.24 bits per heavy atom. The highest BCUT2D eigenvalue weighted by Crippen LogP contribution is 2.65. The van der Waals surface area contributed by atoms with Gasteiger partial charge in [0.15, 0.2) is 5.60 Å². The lowest BCUT2D eigenvalue weighted by Crippen LogP contribution is -2.55. The van der Waals surface area contributed by atoms with Crippen LogP contribution in [0.15, 0.2) is 18.2 Å². The second-order valence-electron chi connectivity index (χ2n) is 9.08. The van der Waals surface area contributed by atoms with Crippen LogP contribution in [0.1, 0.15) is 63.5 Å². The summed E-state index contributed by atoms with van der Waals surface area (Å²) in [6, 6.07) is 5.72. The fourth-order valence-corrected chi connectivity index (χ4v) is 6.54. The SMILES string of the molecule is C#C[C@@]1(OC(C)=O)CC[C@@H]2[C@@H]3CCc4cc(OC(C)=O)ccc4[C@H]3[C@H](O)C[C@]21C. The van der Waals surface area contributed by atoms with E-state index in [-0.39, 0.29) is 29.7 Å². The topological polar surface area (TPSA) is 72.8 Å². The lowest BCUT2D eigenvalue weighted by Gasteiger charge is -2.54. The van der Waals surface area contributed by atoms with Crippen LogP contribution in [0.5, 0.6) is 5.75 Å². The minimum absolute atomic E-state index is 0.0223. The minimum Gasteiger partial charge on any atom is -0.445 e. The van der Waals surface area contributed by atoms with Gasteiger partial charge in [0.25, 0.3) is 0 Å². The predicted octanol–water partition coefficient (Wildman–Crippen LogP) is 3.37. The number of aliphatic hydroxyl groups is 1. The van der Waals surface area contributed by atoms with Gasteiger partial charge in [0, 0.05) is 25.2 Å². The number of terminal acetylenes is 1. The number of aryl methyl sites for hydroxylation is 1. The average Bonchev–Trinajstić information content (AvgIpc) is 2.92. The molecule has 5 nitrogen and oxygen atoms in total. The molecular formula is C24H28O5. The van der Waals surface area contributed by atoms with Gasteiger partial charge in [0.05, 0.1) is 6.10 Å². The number of benzene rings is 1. The Morgan fingerprint density at radius 2 is 2.00 bits per heavy atom. The molecule has 0 heterocycles. The molecule has 0 unspecified atom stereocenters. The lowest BCUT2D eigenvalue weighted by atomic mass is 9.52. The highest BCUT2D eigenvalue weighted by atomic mass is 16.6. The number of rotatable bonds is 2. The molecule has 0 radical (unpaired) electrons. The Kier molecular flexibility index (Phi) is 4.74. The van der Waals surface area contributed by atoms with Crippen LogP contribution >= 0.6 is 0 Å². The van der Waals surface area contributed by atoms with Crippen LogP contribution in [-0.4, -0.2) is 28.8 Å². The molecule has 0 aromatic heterocycles. The molecule has 1 N–H and O–H groups in total. The minimum atomic E-state index is -0.949. The Hall–Kier alpha value is -2.32. The maximum Gasteiger partial charge on any atom is 0.308 e. The summed E-state index contributed by atoms with van der Waals surface area (Å²) >= 11 is 0. The zero-order chi connectivity index (χ0) is 21.0. The summed E-state index contributed by atoms with van der Waals surface area (Å²) < 4.78 is 11.0. The van der Waals surface area contributed by atoms with E-state index in [0.717, 1.165) is 30.4 Å². The standard InChI is InChI=1S/C24H28O5/c1-5-24(29-15(3)26)11-10-20-19-8-6-16-12-17(28-14(2)25)7-9-18(16)22(19)21(27)13-23(20,24)4/h1,7,9,12,19-22,27H,6,8,10-11,13H2,2-4H3/t19-,20+,21+,22+,23+,24+/m0/s1. The first-order valence-electron chi connectivity index (χ1n) is 10.4. The fourth-order valence-electron chi connectivity index (χ4n) is 6.54. The summed E-state index contributed by atoms with van der Waals surface area (Å²) in [5.74, 6) is 3.24. The molecular weight excluding hydrogens is 368 g/mol. The molecule has 6 atom stereocenters. The van der Waals surface area contributed by atoms with Crippen molar-refractivity contribution >= 4 is 11.9 Å². The molecule has 0 aliphatic heterocycles. The molecule has 3 aliphatic carbocycles. The van der Waals surface area contributed by atoms with Crippen molar-refractivity contribution in [2.45, 2.75) is 70.5 Å². The predicted molar refractivity (Wildman–Crippen MR) is 107 cm³/mol. The number of carbonyl (C=O) groups excluding carboxylic acids is 2. The molecule has 1 aromatic carbocycles. The number of aliphatic hydroxyl groups excluding tert-OH is 1. The average molecular weight is 396 g/mol. The van der Waals surface area contributed by atoms with Crippen molar-refractivity contribution < 1.29 is 24.2 Å². The van der Waals surface area contributed by atoms with Crippen LogP contribution < -0.4 is 4.74 Å². The highest BCUT2D eigenvalue weighted by molar-refractivity contribution is 5.69. The molecule has 29 heavy (non-hydrogen) atoms. The zero-order valence-electron chi connectivity index (χ0n) is 17.2. The molecule has 0 spiro atoms. The van der Waals surface area contributed by atoms with Crippen molar-refractivity contribution in [2.24, 2.45) is 17.3 Å². The second-order valence-corrected chi connectivity index (χ2v) is 9.08. The number of esters is 2. The zero-order valence-corrected chi connectivity index (χ0v) is 17.2. The van der Waals surface area contributed by atoms with Gasteiger partial charge in [-0.2, -0.15) is 0 Å². The smallest absolute Gasteiger partial charge is 0.308 e. The number of hydrogen-bond donors (Lipinski definition) is 1. The van der Waals surface area contributed by atoms with Crippen molar-refractivity contribution in [3.05, 3.63) is 29.3 Å². The van der Waals surface area contributed by atoms with Gasteiger partial charge in [0.1, 0.15) is 5.75 Å². The third-order valence-corrected chi connectivity index (χ3v) is 7.61. The maximum absolute atomic E-state index is 11.8. The first-order chi connectivity index (χ1) is 13.7. The Morgan fingerprint density at radius 3 is 2.66 bits per heavy atom. The maximum atomic E-state index is 11.8. The third-order valence-electron chi connectivity index (χ3n) is 7.61. The fraction of sp³-hybridized carbons (Fsp3) is 0.583. The summed E-state index contributed by atoms with van der Waals surface area (Å²) in [6.45, 7) is 4.88. The van der Waals surface area contributed by atoms with E-state index >= 15 is 0 Å². The van der Waals surface area contributed by atoms with Gasteiger partial charge in [-0.3, -0.25) is 9.59 Å². The molecule has 2 fully saturated rings. The molecule has 0 amide bonds. The molecule has 1 aromatic rings. The van der Waals surface area contributed by atoms with Crippen LogP contribution in [0.4, 0.5) is 0 Å². The molecule has 5 heteroatoms. The second kappa shape index (κ2) is 6.88. The first-order valence-corrected chi connectivity index (χ1v) is 10.4. The van der Waals surface area contributed by atoms with Crippen molar-refractivity contribution in [2.75, 3.05) is 0 Å². The summed E-state index contributed by atoms with van der Waals surface area (Å²) in [6.07, 6.45) is 9.16. The van der Waals surface area contributed by atoms with Crippen LogP contribution in [0.3, 0.4) is 0 Å². The number of fused-ring (bicyclic) bond motifs is 5. The summed E-state index contributed by atoms with van der Waals surface area (Å²) in [5.41, 5.74) is 0.879. The Balaban J connectivity index is 1.69. The van der Waals surface area contributed by atoms with Gasteiger partial charge in [-0.05, 0) is 67.2 Å². The molecule has 0 saturated heterocycles. The van der Waals surface area contributed by atoms with E-state index in [9.17, 15) is 14.7 Å². The van der Waals surface area contributed by atoms with Crippen molar-refractivity contribution in [3.8, 4) is 18.1 Å². The first kappa shape index (κ1) is 20.0. The number of hydrogen-bond acceptors (Lipinski definition) is 5. The number of carbonyl (C=O) groups is 2. The van der Waals surface area contributed by atoms with E-state index in [1.165, 1.54) is 13.8 Å². The molecule has 154 valence electrons. The summed E-state index contributed by atoms with van der Waals surface area (Å²) in [7, 11) is 0. The Bertz CT molecular complexity index is 899. The van der Waals surface area contributed by atoms with Crippen molar-refractivity contribution in [1.29, 1.82) is 0 Å². The largest absolute Gasteiger partial charge is 0.445 e. The quantitative estimate of drug-likeness (QED) is 0.471. The normalized spacial score (nSPS) is 37.5. The van der Waals surface area contributed by atoms with Gasteiger partial charge < -0.3 is 14.6 Å². The van der Waals surface area contributed by atoms with Gasteiger partial charge in [-0.25, -0.2) is 0 Å². The monoisotopic (exact) mass is 396 g/mol. The molecule has 2 saturated carbocycles. The number of ether oxygens (including phenoxy) is 2.